The van der Waals surface area contributed by atoms with E-state index in [4.69, 9.17) is 0 Å². The fourth-order valence-electron chi connectivity index (χ4n) is 4.02. The van der Waals surface area contributed by atoms with Crippen molar-refractivity contribution in [3.8, 4) is 0 Å². The van der Waals surface area contributed by atoms with Gasteiger partial charge in [0.15, 0.2) is 0 Å². The van der Waals surface area contributed by atoms with Gasteiger partial charge in [-0.15, -0.1) is 0 Å². The van der Waals surface area contributed by atoms with Crippen LogP contribution < -0.4 is 0 Å². The van der Waals surface area contributed by atoms with E-state index in [9.17, 15) is 8.78 Å². The summed E-state index contributed by atoms with van der Waals surface area (Å²) in [7, 11) is 0. The molecule has 1 aromatic rings. The summed E-state index contributed by atoms with van der Waals surface area (Å²) < 4.78 is 27.3. The van der Waals surface area contributed by atoms with E-state index in [2.05, 4.69) is 19.1 Å². The first-order valence-electron chi connectivity index (χ1n) is 7.29. The van der Waals surface area contributed by atoms with E-state index < -0.39 is 5.82 Å². The van der Waals surface area contributed by atoms with Crippen LogP contribution >= 0.6 is 0 Å². The molecule has 0 N–H and O–H groups in total. The van der Waals surface area contributed by atoms with E-state index in [1.54, 1.807) is 6.07 Å². The van der Waals surface area contributed by atoms with Crippen LogP contribution in [0.25, 0.3) is 0 Å². The van der Waals surface area contributed by atoms with Crippen LogP contribution in [0.15, 0.2) is 24.3 Å². The van der Waals surface area contributed by atoms with Gasteiger partial charge in [-0.05, 0) is 74.0 Å². The summed E-state index contributed by atoms with van der Waals surface area (Å²) in [6.45, 7) is 2.06. The molecular weight excluding hydrogens is 242 g/mol. The van der Waals surface area contributed by atoms with Gasteiger partial charge in [0.2, 0.25) is 0 Å². The summed E-state index contributed by atoms with van der Waals surface area (Å²) in [5.41, 5.74) is 1.72. The van der Waals surface area contributed by atoms with E-state index in [1.165, 1.54) is 6.42 Å². The summed E-state index contributed by atoms with van der Waals surface area (Å²) in [6, 6.07) is 2.61. The summed E-state index contributed by atoms with van der Waals surface area (Å²) in [5, 5.41) is 0. The smallest absolute Gasteiger partial charge is 0.129 e. The molecule has 0 saturated heterocycles. The second-order valence-electron chi connectivity index (χ2n) is 5.96. The Morgan fingerprint density at radius 1 is 1.16 bits per heavy atom. The molecule has 3 rings (SSSR count). The number of allylic oxidation sites excluding steroid dienone is 2. The number of halogens is 2. The van der Waals surface area contributed by atoms with Crippen LogP contribution in [-0.4, -0.2) is 0 Å². The molecular formula is C17H20F2. The molecule has 2 heteroatoms. The predicted octanol–water partition coefficient (Wildman–Crippen LogP) is 4.99. The normalized spacial score (nSPS) is 30.2. The molecule has 2 aliphatic carbocycles. The number of fused-ring (bicyclic) bond motifs is 3. The van der Waals surface area contributed by atoms with Gasteiger partial charge < -0.3 is 0 Å². The molecule has 19 heavy (non-hydrogen) atoms. The highest BCUT2D eigenvalue weighted by molar-refractivity contribution is 5.36. The number of benzene rings is 1. The van der Waals surface area contributed by atoms with E-state index in [1.807, 2.05) is 0 Å². The highest BCUT2D eigenvalue weighted by Gasteiger charge is 2.35. The summed E-state index contributed by atoms with van der Waals surface area (Å²) >= 11 is 0. The second-order valence-corrected chi connectivity index (χ2v) is 5.96. The van der Waals surface area contributed by atoms with Gasteiger partial charge in [0.1, 0.15) is 11.6 Å². The zero-order chi connectivity index (χ0) is 13.4. The van der Waals surface area contributed by atoms with Gasteiger partial charge in [0.25, 0.3) is 0 Å². The highest BCUT2D eigenvalue weighted by Crippen LogP contribution is 2.47. The van der Waals surface area contributed by atoms with Crippen LogP contribution in [-0.2, 0) is 6.42 Å². The van der Waals surface area contributed by atoms with Crippen molar-refractivity contribution in [1.29, 1.82) is 0 Å². The van der Waals surface area contributed by atoms with Gasteiger partial charge in [0, 0.05) is 6.07 Å². The molecule has 0 spiro atoms. The van der Waals surface area contributed by atoms with Crippen molar-refractivity contribution in [3.05, 3.63) is 47.0 Å². The second kappa shape index (κ2) is 5.07. The molecule has 0 nitrogen and oxygen atoms in total. The molecule has 0 radical (unpaired) electrons. The van der Waals surface area contributed by atoms with E-state index in [0.29, 0.717) is 17.8 Å². The van der Waals surface area contributed by atoms with Crippen LogP contribution in [0, 0.1) is 23.5 Å². The molecule has 0 aliphatic heterocycles. The number of hydrogen-bond acceptors (Lipinski definition) is 0. The van der Waals surface area contributed by atoms with Crippen molar-refractivity contribution in [2.45, 2.75) is 44.9 Å². The van der Waals surface area contributed by atoms with Crippen LogP contribution in [0.1, 0.15) is 49.7 Å². The third-order valence-corrected chi connectivity index (χ3v) is 4.85. The predicted molar refractivity (Wildman–Crippen MR) is 73.1 cm³/mol. The Balaban J connectivity index is 1.90. The maximum Gasteiger partial charge on any atom is 0.129 e. The van der Waals surface area contributed by atoms with Crippen molar-refractivity contribution < 1.29 is 8.78 Å². The third-order valence-electron chi connectivity index (χ3n) is 4.85. The summed E-state index contributed by atoms with van der Waals surface area (Å²) in [5.74, 6) is 0.863. The largest absolute Gasteiger partial charge is 0.207 e. The lowest BCUT2D eigenvalue weighted by Gasteiger charge is -2.40. The van der Waals surface area contributed by atoms with E-state index in [-0.39, 0.29) is 5.82 Å². The van der Waals surface area contributed by atoms with Gasteiger partial charge in [-0.1, -0.05) is 12.2 Å². The van der Waals surface area contributed by atoms with E-state index in [0.717, 1.165) is 42.9 Å². The fraction of sp³-hybridized carbons (Fsp3) is 0.529. The Morgan fingerprint density at radius 3 is 2.79 bits per heavy atom. The van der Waals surface area contributed by atoms with Crippen LogP contribution in [0.2, 0.25) is 0 Å². The number of hydrogen-bond donors (Lipinski definition) is 0. The molecule has 1 saturated carbocycles. The van der Waals surface area contributed by atoms with Crippen molar-refractivity contribution >= 4 is 0 Å². The van der Waals surface area contributed by atoms with Crippen LogP contribution in [0.5, 0.6) is 0 Å². The summed E-state index contributed by atoms with van der Waals surface area (Å²) in [4.78, 5) is 0. The van der Waals surface area contributed by atoms with Crippen molar-refractivity contribution in [3.63, 3.8) is 0 Å². The quantitative estimate of drug-likeness (QED) is 0.626. The molecule has 2 aliphatic rings. The molecule has 102 valence electrons. The lowest BCUT2D eigenvalue weighted by Crippen LogP contribution is -2.28. The zero-order valence-corrected chi connectivity index (χ0v) is 11.3. The molecule has 1 aromatic carbocycles. The maximum absolute atomic E-state index is 13.8. The maximum atomic E-state index is 13.8. The Morgan fingerprint density at radius 2 is 2.00 bits per heavy atom. The topological polar surface area (TPSA) is 0 Å². The molecule has 2 unspecified atom stereocenters. The van der Waals surface area contributed by atoms with Gasteiger partial charge in [-0.25, -0.2) is 8.78 Å². The lowest BCUT2D eigenvalue weighted by atomic mass is 9.65. The first kappa shape index (κ1) is 12.8. The van der Waals surface area contributed by atoms with Gasteiger partial charge in [-0.2, -0.15) is 0 Å². The third kappa shape index (κ3) is 2.33. The Hall–Kier alpha value is -1.18. The standard InChI is InChI=1S/C17H20F2/c1-2-3-11-4-6-14-12(8-11)5-7-15-16(14)9-13(18)10-17(15)19/h2-3,9-12,14H,4-8H2,1H3/b3-2+/t11-,12?,14?/m1/s1. The zero-order valence-electron chi connectivity index (χ0n) is 11.3. The molecule has 3 atom stereocenters. The highest BCUT2D eigenvalue weighted by atomic mass is 19.1. The van der Waals surface area contributed by atoms with Crippen molar-refractivity contribution in [1.82, 2.24) is 0 Å². The first-order valence-corrected chi connectivity index (χ1v) is 7.29. The summed E-state index contributed by atoms with van der Waals surface area (Å²) in [6.07, 6.45) is 9.61. The minimum absolute atomic E-state index is 0.343. The molecule has 1 fully saturated rings. The van der Waals surface area contributed by atoms with Crippen molar-refractivity contribution in [2.75, 3.05) is 0 Å². The Kier molecular flexibility index (Phi) is 3.42. The molecule has 0 amide bonds. The van der Waals surface area contributed by atoms with Crippen LogP contribution in [0.3, 0.4) is 0 Å². The van der Waals surface area contributed by atoms with E-state index >= 15 is 0 Å². The van der Waals surface area contributed by atoms with Gasteiger partial charge >= 0.3 is 0 Å². The molecule has 0 heterocycles. The SMILES string of the molecule is C/C=C/[C@@H]1CCC2c3cc(F)cc(F)c3CCC2C1. The van der Waals surface area contributed by atoms with Crippen LogP contribution in [0.4, 0.5) is 8.78 Å². The van der Waals surface area contributed by atoms with Gasteiger partial charge in [0.05, 0.1) is 0 Å². The average Bonchev–Trinajstić information content (AvgIpc) is 2.38. The van der Waals surface area contributed by atoms with Crippen molar-refractivity contribution in [2.24, 2.45) is 11.8 Å². The average molecular weight is 262 g/mol. The Labute approximate surface area is 113 Å². The first-order chi connectivity index (χ1) is 9.19. The minimum atomic E-state index is -0.424. The van der Waals surface area contributed by atoms with Gasteiger partial charge in [-0.3, -0.25) is 0 Å². The molecule has 0 aromatic heterocycles. The molecule has 0 bridgehead atoms. The monoisotopic (exact) mass is 262 g/mol. The number of rotatable bonds is 1. The fourth-order valence-corrected chi connectivity index (χ4v) is 4.02. The minimum Gasteiger partial charge on any atom is -0.207 e. The lowest BCUT2D eigenvalue weighted by molar-refractivity contribution is 0.234. The Bertz CT molecular complexity index is 504.